The highest BCUT2D eigenvalue weighted by Gasteiger charge is 2.11. The highest BCUT2D eigenvalue weighted by atomic mass is 32.2. The minimum atomic E-state index is -0.251. The molecule has 3 aromatic rings. The Hall–Kier alpha value is -3.14. The van der Waals surface area contributed by atoms with E-state index in [0.29, 0.717) is 23.0 Å². The van der Waals surface area contributed by atoms with Crippen LogP contribution in [0.25, 0.3) is 5.69 Å². The number of thioether (sulfide) groups is 1. The highest BCUT2D eigenvalue weighted by molar-refractivity contribution is 8.00. The number of anilines is 2. The Kier molecular flexibility index (Phi) is 5.64. The van der Waals surface area contributed by atoms with Crippen molar-refractivity contribution < 1.29 is 14.1 Å². The summed E-state index contributed by atoms with van der Waals surface area (Å²) >= 11 is 1.20. The number of rotatable bonds is 7. The summed E-state index contributed by atoms with van der Waals surface area (Å²) in [5, 5.41) is 13.2. The lowest BCUT2D eigenvalue weighted by Crippen LogP contribution is -2.19. The van der Waals surface area contributed by atoms with E-state index in [4.69, 9.17) is 4.52 Å². The molecule has 0 aliphatic carbocycles. The molecule has 2 N–H and O–H groups in total. The van der Waals surface area contributed by atoms with Gasteiger partial charge in [-0.2, -0.15) is 5.10 Å². The first-order chi connectivity index (χ1) is 12.6. The van der Waals surface area contributed by atoms with Crippen LogP contribution >= 0.6 is 11.8 Å². The van der Waals surface area contributed by atoms with Crippen LogP contribution in [-0.4, -0.2) is 43.2 Å². The normalized spacial score (nSPS) is 10.5. The molecule has 2 aromatic heterocycles. The Labute approximate surface area is 153 Å². The number of aromatic nitrogens is 4. The average molecular weight is 372 g/mol. The summed E-state index contributed by atoms with van der Waals surface area (Å²) < 4.78 is 6.43. The van der Waals surface area contributed by atoms with Gasteiger partial charge >= 0.3 is 0 Å². The Balaban J connectivity index is 1.48. The Morgan fingerprint density at radius 2 is 1.96 bits per heavy atom. The number of benzene rings is 1. The van der Waals surface area contributed by atoms with Crippen LogP contribution in [-0.2, 0) is 9.59 Å². The van der Waals surface area contributed by atoms with E-state index >= 15 is 0 Å². The molecule has 9 nitrogen and oxygen atoms in total. The van der Waals surface area contributed by atoms with Crippen LogP contribution in [0.2, 0.25) is 0 Å². The first kappa shape index (κ1) is 17.7. The van der Waals surface area contributed by atoms with Crippen molar-refractivity contribution in [2.45, 2.75) is 6.92 Å². The average Bonchev–Trinajstić information content (AvgIpc) is 3.27. The number of aryl methyl sites for hydroxylation is 1. The summed E-state index contributed by atoms with van der Waals surface area (Å²) in [6.07, 6.45) is 2.97. The van der Waals surface area contributed by atoms with Crippen molar-refractivity contribution in [2.24, 2.45) is 0 Å². The SMILES string of the molecule is Cc1cc(NC(=O)CSCC(=O)Nc2ccccc2-n2cncn2)no1. The van der Waals surface area contributed by atoms with Crippen LogP contribution in [0.4, 0.5) is 11.5 Å². The predicted octanol–water partition coefficient (Wildman–Crippen LogP) is 1.87. The maximum absolute atomic E-state index is 12.1. The maximum atomic E-state index is 12.1. The fourth-order valence-corrected chi connectivity index (χ4v) is 2.76. The van der Waals surface area contributed by atoms with Gasteiger partial charge in [0.2, 0.25) is 11.8 Å². The van der Waals surface area contributed by atoms with Gasteiger partial charge in [-0.05, 0) is 19.1 Å². The van der Waals surface area contributed by atoms with Gasteiger partial charge < -0.3 is 15.2 Å². The van der Waals surface area contributed by atoms with Crippen molar-refractivity contribution in [2.75, 3.05) is 22.1 Å². The van der Waals surface area contributed by atoms with E-state index in [2.05, 4.69) is 25.9 Å². The summed E-state index contributed by atoms with van der Waals surface area (Å²) in [5.41, 5.74) is 1.33. The largest absolute Gasteiger partial charge is 0.360 e. The van der Waals surface area contributed by atoms with E-state index in [1.165, 1.54) is 18.1 Å². The molecule has 0 spiro atoms. The predicted molar refractivity (Wildman–Crippen MR) is 97.2 cm³/mol. The minimum Gasteiger partial charge on any atom is -0.360 e. The third-order valence-corrected chi connectivity index (χ3v) is 4.14. The quantitative estimate of drug-likeness (QED) is 0.650. The monoisotopic (exact) mass is 372 g/mol. The molecule has 0 aliphatic heterocycles. The van der Waals surface area contributed by atoms with Gasteiger partial charge in [-0.25, -0.2) is 9.67 Å². The summed E-state index contributed by atoms with van der Waals surface area (Å²) in [6, 6.07) is 8.88. The number of para-hydroxylation sites is 2. The molecule has 2 heterocycles. The number of nitrogens with zero attached hydrogens (tertiary/aromatic N) is 4. The molecule has 0 unspecified atom stereocenters. The molecule has 0 saturated heterocycles. The third-order valence-electron chi connectivity index (χ3n) is 3.21. The number of carbonyl (C=O) groups excluding carboxylic acids is 2. The Bertz CT molecular complexity index is 893. The molecule has 10 heteroatoms. The number of carbonyl (C=O) groups is 2. The molecule has 0 radical (unpaired) electrons. The zero-order chi connectivity index (χ0) is 18.4. The lowest BCUT2D eigenvalue weighted by atomic mass is 10.2. The summed E-state index contributed by atoms with van der Waals surface area (Å²) in [6.45, 7) is 1.74. The zero-order valence-corrected chi connectivity index (χ0v) is 14.7. The van der Waals surface area contributed by atoms with Gasteiger partial charge in [-0.3, -0.25) is 9.59 Å². The van der Waals surface area contributed by atoms with Crippen LogP contribution in [0.3, 0.4) is 0 Å². The molecule has 134 valence electrons. The van der Waals surface area contributed by atoms with Crippen LogP contribution in [0.15, 0.2) is 47.5 Å². The molecule has 0 saturated carbocycles. The van der Waals surface area contributed by atoms with Crippen molar-refractivity contribution in [3.63, 3.8) is 0 Å². The van der Waals surface area contributed by atoms with E-state index < -0.39 is 0 Å². The fraction of sp³-hybridized carbons (Fsp3) is 0.188. The Morgan fingerprint density at radius 3 is 2.65 bits per heavy atom. The molecule has 0 bridgehead atoms. The lowest BCUT2D eigenvalue weighted by Gasteiger charge is -2.10. The molecular weight excluding hydrogens is 356 g/mol. The smallest absolute Gasteiger partial charge is 0.235 e. The van der Waals surface area contributed by atoms with Gasteiger partial charge in [-0.1, -0.05) is 17.3 Å². The van der Waals surface area contributed by atoms with Gasteiger partial charge in [0.05, 0.1) is 22.9 Å². The third kappa shape index (κ3) is 4.70. The van der Waals surface area contributed by atoms with Crippen molar-refractivity contribution in [1.29, 1.82) is 0 Å². The number of hydrogen-bond donors (Lipinski definition) is 2. The van der Waals surface area contributed by atoms with Gasteiger partial charge in [0.15, 0.2) is 5.82 Å². The second-order valence-corrected chi connectivity index (χ2v) is 6.25. The van der Waals surface area contributed by atoms with Crippen molar-refractivity contribution in [1.82, 2.24) is 19.9 Å². The Morgan fingerprint density at radius 1 is 1.19 bits per heavy atom. The van der Waals surface area contributed by atoms with Gasteiger partial charge in [0.1, 0.15) is 18.4 Å². The van der Waals surface area contributed by atoms with Gasteiger partial charge in [-0.15, -0.1) is 11.8 Å². The summed E-state index contributed by atoms with van der Waals surface area (Å²) in [4.78, 5) is 27.9. The molecule has 0 aliphatic rings. The second-order valence-electron chi connectivity index (χ2n) is 5.27. The first-order valence-electron chi connectivity index (χ1n) is 7.66. The fourth-order valence-electron chi connectivity index (χ4n) is 2.14. The summed E-state index contributed by atoms with van der Waals surface area (Å²) in [5.74, 6) is 0.769. The summed E-state index contributed by atoms with van der Waals surface area (Å²) in [7, 11) is 0. The molecule has 26 heavy (non-hydrogen) atoms. The topological polar surface area (TPSA) is 115 Å². The second kappa shape index (κ2) is 8.30. The van der Waals surface area contributed by atoms with Crippen molar-refractivity contribution >= 4 is 35.1 Å². The van der Waals surface area contributed by atoms with Crippen molar-refractivity contribution in [3.8, 4) is 5.69 Å². The van der Waals surface area contributed by atoms with E-state index in [9.17, 15) is 9.59 Å². The standard InChI is InChI=1S/C16H16N6O3S/c1-11-6-14(21-25-11)20-16(24)8-26-7-15(23)19-12-4-2-3-5-13(12)22-10-17-9-18-22/h2-6,9-10H,7-8H2,1H3,(H,19,23)(H,20,21,24). The highest BCUT2D eigenvalue weighted by Crippen LogP contribution is 2.19. The van der Waals surface area contributed by atoms with E-state index in [-0.39, 0.29) is 23.3 Å². The number of nitrogens with one attached hydrogen (secondary N) is 2. The molecular formula is C16H16N6O3S. The van der Waals surface area contributed by atoms with Crippen LogP contribution in [0.1, 0.15) is 5.76 Å². The van der Waals surface area contributed by atoms with Crippen molar-refractivity contribution in [3.05, 3.63) is 48.7 Å². The zero-order valence-electron chi connectivity index (χ0n) is 13.9. The van der Waals surface area contributed by atoms with Crippen LogP contribution in [0, 0.1) is 6.92 Å². The number of hydrogen-bond acceptors (Lipinski definition) is 7. The molecule has 0 fully saturated rings. The first-order valence-corrected chi connectivity index (χ1v) is 8.82. The van der Waals surface area contributed by atoms with E-state index in [1.54, 1.807) is 30.1 Å². The minimum absolute atomic E-state index is 0.129. The van der Waals surface area contributed by atoms with E-state index in [0.717, 1.165) is 0 Å². The maximum Gasteiger partial charge on any atom is 0.235 e. The van der Waals surface area contributed by atoms with Gasteiger partial charge in [0, 0.05) is 6.07 Å². The van der Waals surface area contributed by atoms with Crippen LogP contribution in [0.5, 0.6) is 0 Å². The molecule has 0 atom stereocenters. The van der Waals surface area contributed by atoms with Gasteiger partial charge in [0.25, 0.3) is 0 Å². The lowest BCUT2D eigenvalue weighted by molar-refractivity contribution is -0.114. The van der Waals surface area contributed by atoms with Crippen LogP contribution < -0.4 is 10.6 Å². The molecule has 1 aromatic carbocycles. The molecule has 2 amide bonds. The molecule has 3 rings (SSSR count). The van der Waals surface area contributed by atoms with E-state index in [1.807, 2.05) is 18.2 Å². The number of amides is 2.